The summed E-state index contributed by atoms with van der Waals surface area (Å²) in [5, 5.41) is 1.17. The van der Waals surface area contributed by atoms with Crippen molar-refractivity contribution in [3.05, 3.63) is 15.6 Å². The first kappa shape index (κ1) is 11.6. The molecule has 1 unspecified atom stereocenters. The molecule has 0 amide bonds. The quantitative estimate of drug-likeness (QED) is 0.829. The molecule has 0 aliphatic carbocycles. The average Bonchev–Trinajstić information content (AvgIpc) is 2.46. The van der Waals surface area contributed by atoms with Gasteiger partial charge in [0.1, 0.15) is 5.01 Å². The molecule has 1 aromatic rings. The van der Waals surface area contributed by atoms with E-state index in [0.29, 0.717) is 0 Å². The number of nitrogens with zero attached hydrogens (tertiary/aromatic N) is 2. The van der Waals surface area contributed by atoms with Gasteiger partial charge in [-0.15, -0.1) is 11.3 Å². The fourth-order valence-electron chi connectivity index (χ4n) is 1.36. The van der Waals surface area contributed by atoms with Crippen LogP contribution < -0.4 is 5.73 Å². The van der Waals surface area contributed by atoms with E-state index in [1.54, 1.807) is 11.3 Å². The first-order chi connectivity index (χ1) is 6.54. The van der Waals surface area contributed by atoms with E-state index in [-0.39, 0.29) is 6.04 Å². The van der Waals surface area contributed by atoms with Gasteiger partial charge in [0.05, 0.1) is 5.69 Å². The summed E-state index contributed by atoms with van der Waals surface area (Å²) < 4.78 is 0. The molecule has 0 radical (unpaired) electrons. The van der Waals surface area contributed by atoms with E-state index < -0.39 is 0 Å². The monoisotopic (exact) mass is 213 g/mol. The van der Waals surface area contributed by atoms with Crippen molar-refractivity contribution in [2.45, 2.75) is 32.9 Å². The summed E-state index contributed by atoms with van der Waals surface area (Å²) in [5.41, 5.74) is 7.06. The van der Waals surface area contributed by atoms with Crippen LogP contribution in [0.15, 0.2) is 0 Å². The van der Waals surface area contributed by atoms with Crippen molar-refractivity contribution in [2.24, 2.45) is 5.73 Å². The Balaban J connectivity index is 2.89. The fraction of sp³-hybridized carbons (Fsp3) is 0.700. The van der Waals surface area contributed by atoms with E-state index >= 15 is 0 Å². The number of aromatic nitrogens is 1. The molecule has 0 fully saturated rings. The zero-order valence-electron chi connectivity index (χ0n) is 9.37. The Kier molecular flexibility index (Phi) is 4.04. The molecule has 14 heavy (non-hydrogen) atoms. The molecule has 0 aliphatic rings. The molecule has 0 spiro atoms. The highest BCUT2D eigenvalue weighted by Gasteiger charge is 2.12. The smallest absolute Gasteiger partial charge is 0.107 e. The summed E-state index contributed by atoms with van der Waals surface area (Å²) in [5.74, 6) is 0. The molecule has 1 rings (SSSR count). The van der Waals surface area contributed by atoms with Crippen LogP contribution in [0.1, 0.15) is 35.5 Å². The second kappa shape index (κ2) is 4.87. The van der Waals surface area contributed by atoms with Gasteiger partial charge in [-0.05, 0) is 27.4 Å². The Morgan fingerprint density at radius 2 is 2.14 bits per heavy atom. The molecule has 3 nitrogen and oxygen atoms in total. The van der Waals surface area contributed by atoms with Crippen LogP contribution in [0.3, 0.4) is 0 Å². The first-order valence-corrected chi connectivity index (χ1v) is 5.75. The van der Waals surface area contributed by atoms with Crippen molar-refractivity contribution < 1.29 is 0 Å². The van der Waals surface area contributed by atoms with E-state index in [0.717, 1.165) is 13.0 Å². The Morgan fingerprint density at radius 1 is 1.50 bits per heavy atom. The molecule has 0 aromatic carbocycles. The van der Waals surface area contributed by atoms with E-state index in [4.69, 9.17) is 5.73 Å². The molecule has 0 saturated heterocycles. The van der Waals surface area contributed by atoms with Crippen LogP contribution in [0.4, 0.5) is 0 Å². The maximum absolute atomic E-state index is 5.89. The van der Waals surface area contributed by atoms with E-state index in [1.165, 1.54) is 15.6 Å². The van der Waals surface area contributed by atoms with Crippen molar-refractivity contribution in [3.8, 4) is 0 Å². The molecule has 2 N–H and O–H groups in total. The Morgan fingerprint density at radius 3 is 2.50 bits per heavy atom. The van der Waals surface area contributed by atoms with E-state index in [9.17, 15) is 0 Å². The molecule has 0 saturated carbocycles. The minimum atomic E-state index is 0.110. The largest absolute Gasteiger partial charge is 0.323 e. The highest BCUT2D eigenvalue weighted by molar-refractivity contribution is 7.11. The molecule has 0 bridgehead atoms. The maximum Gasteiger partial charge on any atom is 0.107 e. The second-order valence-electron chi connectivity index (χ2n) is 3.80. The Hall–Kier alpha value is -0.450. The van der Waals surface area contributed by atoms with Gasteiger partial charge in [-0.3, -0.25) is 0 Å². The number of hydrogen-bond donors (Lipinski definition) is 1. The van der Waals surface area contributed by atoms with Gasteiger partial charge < -0.3 is 10.6 Å². The van der Waals surface area contributed by atoms with Crippen molar-refractivity contribution in [1.29, 1.82) is 0 Å². The van der Waals surface area contributed by atoms with Gasteiger partial charge in [-0.2, -0.15) is 0 Å². The normalized spacial score (nSPS) is 13.6. The molecule has 1 heterocycles. The number of thiazole rings is 1. The highest BCUT2D eigenvalue weighted by Crippen LogP contribution is 2.24. The standard InChI is InChI=1S/C10H19N3S/c1-5-8-10(7(2)11)14-9(12-8)6-13(3)4/h7H,5-6,11H2,1-4H3. The fourth-order valence-corrected chi connectivity index (χ4v) is 2.59. The van der Waals surface area contributed by atoms with Gasteiger partial charge >= 0.3 is 0 Å². The third-order valence-corrected chi connectivity index (χ3v) is 3.26. The summed E-state index contributed by atoms with van der Waals surface area (Å²) in [4.78, 5) is 7.96. The summed E-state index contributed by atoms with van der Waals surface area (Å²) in [6.45, 7) is 5.05. The summed E-state index contributed by atoms with van der Waals surface area (Å²) in [6.07, 6.45) is 0.973. The molecule has 80 valence electrons. The summed E-state index contributed by atoms with van der Waals surface area (Å²) >= 11 is 1.74. The Bertz CT molecular complexity index is 292. The van der Waals surface area contributed by atoms with Crippen LogP contribution >= 0.6 is 11.3 Å². The molecular weight excluding hydrogens is 194 g/mol. The van der Waals surface area contributed by atoms with Gasteiger partial charge in [0.15, 0.2) is 0 Å². The van der Waals surface area contributed by atoms with Crippen LogP contribution in [0, 0.1) is 0 Å². The third kappa shape index (κ3) is 2.77. The number of hydrogen-bond acceptors (Lipinski definition) is 4. The third-order valence-electron chi connectivity index (χ3n) is 1.97. The highest BCUT2D eigenvalue weighted by atomic mass is 32.1. The minimum absolute atomic E-state index is 0.110. The van der Waals surface area contributed by atoms with Gasteiger partial charge in [-0.1, -0.05) is 6.92 Å². The molecule has 4 heteroatoms. The summed E-state index contributed by atoms with van der Waals surface area (Å²) in [7, 11) is 4.11. The van der Waals surface area contributed by atoms with Crippen LogP contribution in [-0.4, -0.2) is 24.0 Å². The van der Waals surface area contributed by atoms with Crippen molar-refractivity contribution >= 4 is 11.3 Å². The van der Waals surface area contributed by atoms with Crippen LogP contribution in [0.2, 0.25) is 0 Å². The molecule has 1 atom stereocenters. The molecule has 1 aromatic heterocycles. The lowest BCUT2D eigenvalue weighted by molar-refractivity contribution is 0.401. The van der Waals surface area contributed by atoms with Crippen molar-refractivity contribution in [1.82, 2.24) is 9.88 Å². The lowest BCUT2D eigenvalue weighted by atomic mass is 10.2. The predicted molar refractivity (Wildman–Crippen MR) is 61.5 cm³/mol. The van der Waals surface area contributed by atoms with Gasteiger partial charge in [0.2, 0.25) is 0 Å². The van der Waals surface area contributed by atoms with Crippen molar-refractivity contribution in [3.63, 3.8) is 0 Å². The summed E-state index contributed by atoms with van der Waals surface area (Å²) in [6, 6.07) is 0.110. The lowest BCUT2D eigenvalue weighted by Gasteiger charge is -2.05. The van der Waals surface area contributed by atoms with Gasteiger partial charge in [0, 0.05) is 17.5 Å². The first-order valence-electron chi connectivity index (χ1n) is 4.93. The molecular formula is C10H19N3S. The van der Waals surface area contributed by atoms with Crippen LogP contribution in [0.25, 0.3) is 0 Å². The SMILES string of the molecule is CCc1nc(CN(C)C)sc1C(C)N. The van der Waals surface area contributed by atoms with Crippen molar-refractivity contribution in [2.75, 3.05) is 14.1 Å². The molecule has 0 aliphatic heterocycles. The average molecular weight is 213 g/mol. The number of rotatable bonds is 4. The second-order valence-corrected chi connectivity index (χ2v) is 4.91. The predicted octanol–water partition coefficient (Wildman–Crippen LogP) is 1.79. The maximum atomic E-state index is 5.89. The number of aryl methyl sites for hydroxylation is 1. The van der Waals surface area contributed by atoms with Gasteiger partial charge in [-0.25, -0.2) is 4.98 Å². The zero-order chi connectivity index (χ0) is 10.7. The van der Waals surface area contributed by atoms with E-state index in [2.05, 4.69) is 30.9 Å². The zero-order valence-corrected chi connectivity index (χ0v) is 10.2. The topological polar surface area (TPSA) is 42.2 Å². The van der Waals surface area contributed by atoms with Gasteiger partial charge in [0.25, 0.3) is 0 Å². The lowest BCUT2D eigenvalue weighted by Crippen LogP contribution is -2.10. The van der Waals surface area contributed by atoms with Crippen LogP contribution in [-0.2, 0) is 13.0 Å². The van der Waals surface area contributed by atoms with Crippen LogP contribution in [0.5, 0.6) is 0 Å². The Labute approximate surface area is 89.9 Å². The van der Waals surface area contributed by atoms with E-state index in [1.807, 2.05) is 6.92 Å². The number of nitrogens with two attached hydrogens (primary N) is 1. The minimum Gasteiger partial charge on any atom is -0.323 e.